The molecule has 1 atom stereocenters. The molecule has 0 saturated carbocycles. The summed E-state index contributed by atoms with van der Waals surface area (Å²) < 4.78 is 10.8. The molecule has 0 spiro atoms. The van der Waals surface area contributed by atoms with E-state index in [0.717, 1.165) is 25.1 Å². The predicted octanol–water partition coefficient (Wildman–Crippen LogP) is 1.15. The fourth-order valence-corrected chi connectivity index (χ4v) is 2.29. The molecular weight excluding hydrogens is 284 g/mol. The minimum Gasteiger partial charge on any atom is -0.448 e. The third-order valence-electron chi connectivity index (χ3n) is 3.48. The number of carbonyl (C=O) groups is 1. The van der Waals surface area contributed by atoms with Crippen LogP contribution in [0.25, 0.3) is 0 Å². The van der Waals surface area contributed by atoms with Gasteiger partial charge < -0.3 is 20.2 Å². The van der Waals surface area contributed by atoms with Crippen LogP contribution in [0.3, 0.4) is 0 Å². The van der Waals surface area contributed by atoms with Gasteiger partial charge in [0.25, 0.3) is 5.91 Å². The van der Waals surface area contributed by atoms with Crippen molar-refractivity contribution in [3.05, 3.63) is 41.9 Å². The largest absolute Gasteiger partial charge is 0.448 e. The quantitative estimate of drug-likeness (QED) is 0.858. The molecule has 1 saturated heterocycles. The van der Waals surface area contributed by atoms with Crippen molar-refractivity contribution in [1.29, 1.82) is 0 Å². The summed E-state index contributed by atoms with van der Waals surface area (Å²) in [5.74, 6) is 0.190. The molecule has 22 heavy (non-hydrogen) atoms. The molecule has 0 radical (unpaired) electrons. The molecule has 3 heterocycles. The van der Waals surface area contributed by atoms with Gasteiger partial charge in [0.15, 0.2) is 5.69 Å². The van der Waals surface area contributed by atoms with Gasteiger partial charge in [-0.3, -0.25) is 9.78 Å². The van der Waals surface area contributed by atoms with Gasteiger partial charge in [-0.15, -0.1) is 0 Å². The van der Waals surface area contributed by atoms with Crippen LogP contribution in [0.1, 0.15) is 34.9 Å². The zero-order chi connectivity index (χ0) is 15.4. The molecule has 1 amide bonds. The Morgan fingerprint density at radius 2 is 2.36 bits per heavy atom. The number of hydrogen-bond donors (Lipinski definition) is 2. The zero-order valence-electron chi connectivity index (χ0n) is 12.1. The average Bonchev–Trinajstić information content (AvgIpc) is 3.19. The lowest BCUT2D eigenvalue weighted by molar-refractivity contribution is 0.0853. The maximum Gasteiger partial charge on any atom is 0.273 e. The van der Waals surface area contributed by atoms with E-state index in [-0.39, 0.29) is 17.7 Å². The van der Waals surface area contributed by atoms with E-state index >= 15 is 0 Å². The van der Waals surface area contributed by atoms with Gasteiger partial charge >= 0.3 is 0 Å². The van der Waals surface area contributed by atoms with Crippen LogP contribution in [0.15, 0.2) is 29.0 Å². The number of ether oxygens (including phenoxy) is 1. The highest BCUT2D eigenvalue weighted by Crippen LogP contribution is 2.12. The molecule has 0 bridgehead atoms. The summed E-state index contributed by atoms with van der Waals surface area (Å²) in [6, 6.07) is 3.57. The molecule has 0 unspecified atom stereocenters. The van der Waals surface area contributed by atoms with Gasteiger partial charge in [-0.1, -0.05) is 0 Å². The van der Waals surface area contributed by atoms with Crippen molar-refractivity contribution in [2.75, 3.05) is 18.9 Å². The Balaban J connectivity index is 1.55. The van der Waals surface area contributed by atoms with E-state index in [0.29, 0.717) is 24.5 Å². The van der Waals surface area contributed by atoms with Crippen molar-refractivity contribution < 1.29 is 13.9 Å². The molecule has 7 nitrogen and oxygen atoms in total. The molecule has 7 heteroatoms. The van der Waals surface area contributed by atoms with Crippen LogP contribution in [0.4, 0.5) is 5.69 Å². The van der Waals surface area contributed by atoms with Crippen molar-refractivity contribution in [2.45, 2.75) is 25.4 Å². The monoisotopic (exact) mass is 302 g/mol. The summed E-state index contributed by atoms with van der Waals surface area (Å²) in [6.07, 6.45) is 5.48. The molecule has 1 aliphatic rings. The van der Waals surface area contributed by atoms with Gasteiger partial charge in [-0.2, -0.15) is 0 Å². The van der Waals surface area contributed by atoms with Gasteiger partial charge in [0.05, 0.1) is 24.4 Å². The maximum atomic E-state index is 12.0. The number of aromatic nitrogens is 2. The first kappa shape index (κ1) is 14.5. The summed E-state index contributed by atoms with van der Waals surface area (Å²) in [5, 5.41) is 2.81. The van der Waals surface area contributed by atoms with Crippen molar-refractivity contribution >= 4 is 11.6 Å². The number of pyridine rings is 1. The van der Waals surface area contributed by atoms with Crippen molar-refractivity contribution in [1.82, 2.24) is 15.3 Å². The fourth-order valence-electron chi connectivity index (χ4n) is 2.29. The predicted molar refractivity (Wildman–Crippen MR) is 79.3 cm³/mol. The first-order valence-electron chi connectivity index (χ1n) is 7.25. The number of carbonyl (C=O) groups excluding carboxylic acids is 1. The van der Waals surface area contributed by atoms with Crippen LogP contribution >= 0.6 is 0 Å². The molecule has 2 aromatic rings. The minimum atomic E-state index is -0.254. The highest BCUT2D eigenvalue weighted by atomic mass is 16.5. The Bertz CT molecular complexity index is 632. The third-order valence-corrected chi connectivity index (χ3v) is 3.48. The molecule has 2 aromatic heterocycles. The van der Waals surface area contributed by atoms with Crippen LogP contribution in [-0.4, -0.2) is 35.1 Å². The topological polar surface area (TPSA) is 103 Å². The lowest BCUT2D eigenvalue weighted by atomic mass is 10.2. The molecule has 0 aliphatic carbocycles. The van der Waals surface area contributed by atoms with E-state index in [1.807, 2.05) is 0 Å². The standard InChI is InChI=1S/C15H18N4O3/c16-10-3-4-11(17-7-10)6-14-19-13(9-22-14)15(20)18-8-12-2-1-5-21-12/h3-4,7,9,12H,1-2,5-6,8,16H2,(H,18,20)/t12-/m0/s1. The van der Waals surface area contributed by atoms with E-state index in [9.17, 15) is 4.79 Å². The van der Waals surface area contributed by atoms with Gasteiger partial charge in [0, 0.05) is 18.8 Å². The van der Waals surface area contributed by atoms with E-state index in [1.54, 1.807) is 18.3 Å². The third kappa shape index (κ3) is 3.62. The molecule has 116 valence electrons. The summed E-state index contributed by atoms with van der Waals surface area (Å²) in [6.45, 7) is 1.27. The van der Waals surface area contributed by atoms with Crippen LogP contribution in [-0.2, 0) is 11.2 Å². The van der Waals surface area contributed by atoms with E-state index in [4.69, 9.17) is 14.9 Å². The molecular formula is C15H18N4O3. The highest BCUT2D eigenvalue weighted by molar-refractivity contribution is 5.91. The maximum absolute atomic E-state index is 12.0. The summed E-state index contributed by atoms with van der Waals surface area (Å²) in [5.41, 5.74) is 7.23. The molecule has 3 rings (SSSR count). The Morgan fingerprint density at radius 3 is 3.09 bits per heavy atom. The number of nitrogen functional groups attached to an aromatic ring is 1. The van der Waals surface area contributed by atoms with E-state index in [2.05, 4.69) is 15.3 Å². The van der Waals surface area contributed by atoms with Gasteiger partial charge in [0.2, 0.25) is 5.89 Å². The minimum absolute atomic E-state index is 0.106. The van der Waals surface area contributed by atoms with E-state index in [1.165, 1.54) is 6.26 Å². The number of oxazole rings is 1. The first-order chi connectivity index (χ1) is 10.7. The summed E-state index contributed by atoms with van der Waals surface area (Å²) in [4.78, 5) is 20.3. The first-order valence-corrected chi connectivity index (χ1v) is 7.25. The summed E-state index contributed by atoms with van der Waals surface area (Å²) >= 11 is 0. The van der Waals surface area contributed by atoms with Crippen molar-refractivity contribution in [3.63, 3.8) is 0 Å². The van der Waals surface area contributed by atoms with Gasteiger partial charge in [-0.05, 0) is 25.0 Å². The van der Waals surface area contributed by atoms with Crippen LogP contribution in [0.2, 0.25) is 0 Å². The number of amides is 1. The smallest absolute Gasteiger partial charge is 0.273 e. The van der Waals surface area contributed by atoms with Gasteiger partial charge in [-0.25, -0.2) is 4.98 Å². The number of anilines is 1. The van der Waals surface area contributed by atoms with Crippen molar-refractivity contribution in [3.8, 4) is 0 Å². The average molecular weight is 302 g/mol. The van der Waals surface area contributed by atoms with Crippen LogP contribution < -0.4 is 11.1 Å². The zero-order valence-corrected chi connectivity index (χ0v) is 12.1. The molecule has 1 aliphatic heterocycles. The Hall–Kier alpha value is -2.41. The lowest BCUT2D eigenvalue weighted by Crippen LogP contribution is -2.31. The number of nitrogens with zero attached hydrogens (tertiary/aromatic N) is 2. The fraction of sp³-hybridized carbons (Fsp3) is 0.400. The SMILES string of the molecule is Nc1ccc(Cc2nc(C(=O)NC[C@@H]3CCCO3)co2)nc1. The molecule has 0 aromatic carbocycles. The number of rotatable bonds is 5. The second kappa shape index (κ2) is 6.57. The Kier molecular flexibility index (Phi) is 4.34. The number of nitrogens with two attached hydrogens (primary N) is 1. The summed E-state index contributed by atoms with van der Waals surface area (Å²) in [7, 11) is 0. The Morgan fingerprint density at radius 1 is 1.45 bits per heavy atom. The second-order valence-corrected chi connectivity index (χ2v) is 5.23. The second-order valence-electron chi connectivity index (χ2n) is 5.23. The number of hydrogen-bond acceptors (Lipinski definition) is 6. The van der Waals surface area contributed by atoms with Crippen molar-refractivity contribution in [2.24, 2.45) is 0 Å². The highest BCUT2D eigenvalue weighted by Gasteiger charge is 2.18. The Labute approximate surface area is 127 Å². The number of nitrogens with one attached hydrogen (secondary N) is 1. The van der Waals surface area contributed by atoms with Crippen LogP contribution in [0.5, 0.6) is 0 Å². The molecule has 1 fully saturated rings. The normalized spacial score (nSPS) is 17.5. The lowest BCUT2D eigenvalue weighted by Gasteiger charge is -2.09. The molecule has 3 N–H and O–H groups in total. The van der Waals surface area contributed by atoms with Gasteiger partial charge in [0.1, 0.15) is 6.26 Å². The van der Waals surface area contributed by atoms with E-state index < -0.39 is 0 Å². The van der Waals surface area contributed by atoms with Crippen LogP contribution in [0, 0.1) is 0 Å².